The van der Waals surface area contributed by atoms with Crippen molar-refractivity contribution in [2.75, 3.05) is 6.61 Å². The standard InChI is InChI=1S/C10H11ClFNO/c11-8-5-6(12)4-7-9(13)2-1-3-14-10(7)8/h4-5,9H,1-3,13H2. The lowest BCUT2D eigenvalue weighted by atomic mass is 10.0. The summed E-state index contributed by atoms with van der Waals surface area (Å²) in [5.74, 6) is 0.174. The zero-order valence-electron chi connectivity index (χ0n) is 7.59. The maximum absolute atomic E-state index is 13.1. The van der Waals surface area contributed by atoms with Crippen molar-refractivity contribution in [2.24, 2.45) is 5.73 Å². The quantitative estimate of drug-likeness (QED) is 0.722. The predicted octanol–water partition coefficient (Wildman–Crippen LogP) is 2.65. The van der Waals surface area contributed by atoms with E-state index in [0.29, 0.717) is 22.9 Å². The van der Waals surface area contributed by atoms with E-state index in [9.17, 15) is 4.39 Å². The molecule has 2 N–H and O–H groups in total. The highest BCUT2D eigenvalue weighted by molar-refractivity contribution is 6.32. The summed E-state index contributed by atoms with van der Waals surface area (Å²) in [4.78, 5) is 0. The third-order valence-electron chi connectivity index (χ3n) is 2.34. The Morgan fingerprint density at radius 2 is 2.29 bits per heavy atom. The fourth-order valence-electron chi connectivity index (χ4n) is 1.64. The van der Waals surface area contributed by atoms with Gasteiger partial charge in [-0.1, -0.05) is 11.6 Å². The van der Waals surface area contributed by atoms with Crippen molar-refractivity contribution in [3.05, 3.63) is 28.5 Å². The highest BCUT2D eigenvalue weighted by atomic mass is 35.5. The molecule has 2 rings (SSSR count). The van der Waals surface area contributed by atoms with Gasteiger partial charge in [0.25, 0.3) is 0 Å². The number of hydrogen-bond donors (Lipinski definition) is 1. The van der Waals surface area contributed by atoms with Crippen molar-refractivity contribution in [1.29, 1.82) is 0 Å². The molecule has 0 aliphatic carbocycles. The average Bonchev–Trinajstić information content (AvgIpc) is 2.29. The average molecular weight is 216 g/mol. The first-order valence-electron chi connectivity index (χ1n) is 4.56. The Bertz CT molecular complexity index is 356. The molecule has 1 atom stereocenters. The molecule has 2 nitrogen and oxygen atoms in total. The zero-order valence-corrected chi connectivity index (χ0v) is 8.35. The summed E-state index contributed by atoms with van der Waals surface area (Å²) < 4.78 is 18.5. The van der Waals surface area contributed by atoms with E-state index in [1.54, 1.807) is 0 Å². The molecule has 0 aromatic heterocycles. The van der Waals surface area contributed by atoms with Gasteiger partial charge < -0.3 is 10.5 Å². The Labute approximate surface area is 86.8 Å². The van der Waals surface area contributed by atoms with Crippen molar-refractivity contribution in [1.82, 2.24) is 0 Å². The Balaban J connectivity index is 2.53. The lowest BCUT2D eigenvalue weighted by Crippen LogP contribution is -2.09. The van der Waals surface area contributed by atoms with E-state index >= 15 is 0 Å². The summed E-state index contributed by atoms with van der Waals surface area (Å²) in [6, 6.07) is 2.47. The SMILES string of the molecule is NC1CCCOc2c(Cl)cc(F)cc21. The van der Waals surface area contributed by atoms with E-state index in [1.165, 1.54) is 12.1 Å². The van der Waals surface area contributed by atoms with Gasteiger partial charge in [-0.2, -0.15) is 0 Å². The number of nitrogens with two attached hydrogens (primary N) is 1. The third kappa shape index (κ3) is 1.70. The third-order valence-corrected chi connectivity index (χ3v) is 2.62. The van der Waals surface area contributed by atoms with E-state index < -0.39 is 0 Å². The molecular weight excluding hydrogens is 205 g/mol. The molecular formula is C10H11ClFNO. The zero-order chi connectivity index (χ0) is 10.1. The molecule has 76 valence electrons. The minimum atomic E-state index is -0.366. The molecule has 4 heteroatoms. The van der Waals surface area contributed by atoms with Crippen LogP contribution in [-0.2, 0) is 0 Å². The highest BCUT2D eigenvalue weighted by Gasteiger charge is 2.19. The molecule has 1 aliphatic rings. The van der Waals surface area contributed by atoms with E-state index in [-0.39, 0.29) is 11.9 Å². The van der Waals surface area contributed by atoms with Gasteiger partial charge in [-0.3, -0.25) is 0 Å². The summed E-state index contributed by atoms with van der Waals surface area (Å²) in [6.07, 6.45) is 1.67. The van der Waals surface area contributed by atoms with E-state index in [1.807, 2.05) is 0 Å². The first-order valence-corrected chi connectivity index (χ1v) is 4.93. The first kappa shape index (κ1) is 9.74. The van der Waals surface area contributed by atoms with Crippen molar-refractivity contribution in [3.8, 4) is 5.75 Å². The van der Waals surface area contributed by atoms with Crippen LogP contribution in [0, 0.1) is 5.82 Å². The minimum Gasteiger partial charge on any atom is -0.492 e. The van der Waals surface area contributed by atoms with Gasteiger partial charge in [-0.25, -0.2) is 4.39 Å². The molecule has 0 bridgehead atoms. The fraction of sp³-hybridized carbons (Fsp3) is 0.400. The van der Waals surface area contributed by atoms with Gasteiger partial charge in [0.1, 0.15) is 11.6 Å². The van der Waals surface area contributed by atoms with Crippen molar-refractivity contribution >= 4 is 11.6 Å². The second-order valence-electron chi connectivity index (χ2n) is 3.40. The van der Waals surface area contributed by atoms with E-state index in [0.717, 1.165) is 12.8 Å². The van der Waals surface area contributed by atoms with Crippen LogP contribution < -0.4 is 10.5 Å². The number of hydrogen-bond acceptors (Lipinski definition) is 2. The van der Waals surface area contributed by atoms with Crippen molar-refractivity contribution < 1.29 is 9.13 Å². The van der Waals surface area contributed by atoms with Crippen LogP contribution in [0.25, 0.3) is 0 Å². The van der Waals surface area contributed by atoms with Gasteiger partial charge in [0.05, 0.1) is 11.6 Å². The minimum absolute atomic E-state index is 0.180. The van der Waals surface area contributed by atoms with Crippen molar-refractivity contribution in [3.63, 3.8) is 0 Å². The lowest BCUT2D eigenvalue weighted by Gasteiger charge is -2.12. The molecule has 0 amide bonds. The van der Waals surface area contributed by atoms with Gasteiger partial charge >= 0.3 is 0 Å². The van der Waals surface area contributed by atoms with Crippen LogP contribution in [0.1, 0.15) is 24.4 Å². The predicted molar refractivity (Wildman–Crippen MR) is 53.1 cm³/mol. The van der Waals surface area contributed by atoms with Gasteiger partial charge in [-0.15, -0.1) is 0 Å². The van der Waals surface area contributed by atoms with Gasteiger partial charge in [-0.05, 0) is 25.0 Å². The summed E-state index contributed by atoms with van der Waals surface area (Å²) in [7, 11) is 0. The van der Waals surface area contributed by atoms with Crippen LogP contribution in [0.2, 0.25) is 5.02 Å². The smallest absolute Gasteiger partial charge is 0.142 e. The molecule has 0 saturated heterocycles. The monoisotopic (exact) mass is 215 g/mol. The van der Waals surface area contributed by atoms with Gasteiger partial charge in [0.2, 0.25) is 0 Å². The molecule has 1 aromatic carbocycles. The molecule has 0 fully saturated rings. The van der Waals surface area contributed by atoms with Crippen LogP contribution in [0.3, 0.4) is 0 Å². The van der Waals surface area contributed by atoms with Crippen molar-refractivity contribution in [2.45, 2.75) is 18.9 Å². The molecule has 1 aromatic rings. The maximum Gasteiger partial charge on any atom is 0.142 e. The summed E-state index contributed by atoms with van der Waals surface area (Å²) in [5, 5.41) is 0.303. The highest BCUT2D eigenvalue weighted by Crippen LogP contribution is 2.36. The number of fused-ring (bicyclic) bond motifs is 1. The Morgan fingerprint density at radius 3 is 3.07 bits per heavy atom. The molecule has 1 unspecified atom stereocenters. The Kier molecular flexibility index (Phi) is 2.61. The van der Waals surface area contributed by atoms with Crippen LogP contribution in [0.15, 0.2) is 12.1 Å². The molecule has 0 spiro atoms. The van der Waals surface area contributed by atoms with E-state index in [4.69, 9.17) is 22.1 Å². The second kappa shape index (κ2) is 3.75. The molecule has 0 saturated carbocycles. The molecule has 0 radical (unpaired) electrons. The number of benzene rings is 1. The van der Waals surface area contributed by atoms with E-state index in [2.05, 4.69) is 0 Å². The lowest BCUT2D eigenvalue weighted by molar-refractivity contribution is 0.316. The molecule has 14 heavy (non-hydrogen) atoms. The maximum atomic E-state index is 13.1. The molecule has 1 heterocycles. The van der Waals surface area contributed by atoms with Crippen LogP contribution in [-0.4, -0.2) is 6.61 Å². The number of ether oxygens (including phenoxy) is 1. The van der Waals surface area contributed by atoms with Crippen LogP contribution in [0.4, 0.5) is 4.39 Å². The first-order chi connectivity index (χ1) is 6.68. The summed E-state index contributed by atoms with van der Waals surface area (Å²) in [6.45, 7) is 0.589. The van der Waals surface area contributed by atoms with Crippen LogP contribution in [0.5, 0.6) is 5.75 Å². The summed E-state index contributed by atoms with van der Waals surface area (Å²) >= 11 is 5.86. The Morgan fingerprint density at radius 1 is 1.50 bits per heavy atom. The summed E-state index contributed by atoms with van der Waals surface area (Å²) in [5.41, 5.74) is 6.55. The fourth-order valence-corrected chi connectivity index (χ4v) is 1.91. The van der Waals surface area contributed by atoms with Gasteiger partial charge in [0, 0.05) is 11.6 Å². The topological polar surface area (TPSA) is 35.2 Å². The largest absolute Gasteiger partial charge is 0.492 e. The number of halogens is 2. The van der Waals surface area contributed by atoms with Gasteiger partial charge in [0.15, 0.2) is 0 Å². The second-order valence-corrected chi connectivity index (χ2v) is 3.81. The molecule has 1 aliphatic heterocycles. The van der Waals surface area contributed by atoms with Crippen LogP contribution >= 0.6 is 11.6 Å². The number of rotatable bonds is 0. The normalized spacial score (nSPS) is 20.9. The Hall–Kier alpha value is -0.800.